The van der Waals surface area contributed by atoms with E-state index < -0.39 is 30.1 Å². The van der Waals surface area contributed by atoms with Crippen LogP contribution < -0.4 is 15.2 Å². The second-order valence-electron chi connectivity index (χ2n) is 8.78. The van der Waals surface area contributed by atoms with Crippen molar-refractivity contribution in [3.8, 4) is 11.5 Å². The zero-order chi connectivity index (χ0) is 26.9. The van der Waals surface area contributed by atoms with Crippen LogP contribution in [0, 0.1) is 0 Å². The molecule has 0 bridgehead atoms. The van der Waals surface area contributed by atoms with E-state index in [2.05, 4.69) is 0 Å². The van der Waals surface area contributed by atoms with Gasteiger partial charge in [-0.1, -0.05) is 46.1 Å². The molecule has 0 radical (unpaired) electrons. The monoisotopic (exact) mass is 507 g/mol. The van der Waals surface area contributed by atoms with E-state index in [1.165, 1.54) is 6.07 Å². The summed E-state index contributed by atoms with van der Waals surface area (Å²) >= 11 is 0. The lowest BCUT2D eigenvalue weighted by atomic mass is 10.1. The highest BCUT2D eigenvalue weighted by Crippen LogP contribution is 2.30. The number of esters is 4. The fourth-order valence-corrected chi connectivity index (χ4v) is 3.09. The Labute approximate surface area is 214 Å². The maximum absolute atomic E-state index is 12.4. The maximum Gasteiger partial charge on any atom is 0.323 e. The van der Waals surface area contributed by atoms with E-state index in [0.29, 0.717) is 24.8 Å². The molecule has 0 aromatic heterocycles. The smallest absolute Gasteiger partial charge is 0.323 e. The number of benzene rings is 1. The normalized spacial score (nSPS) is 12.4. The summed E-state index contributed by atoms with van der Waals surface area (Å²) in [5.41, 5.74) is 6.64. The van der Waals surface area contributed by atoms with Gasteiger partial charge in [0.2, 0.25) is 0 Å². The Bertz CT molecular complexity index is 854. The lowest BCUT2D eigenvalue weighted by Crippen LogP contribution is -2.37. The minimum atomic E-state index is -0.996. The number of unbranched alkanes of at least 4 members (excludes halogenated alkanes) is 3. The van der Waals surface area contributed by atoms with Crippen LogP contribution in [-0.2, 0) is 35.1 Å². The number of carbonyl (C=O) groups is 4. The van der Waals surface area contributed by atoms with Crippen molar-refractivity contribution in [2.75, 3.05) is 6.61 Å². The van der Waals surface area contributed by atoms with Gasteiger partial charge >= 0.3 is 23.9 Å². The van der Waals surface area contributed by atoms with Gasteiger partial charge in [0.15, 0.2) is 11.5 Å². The lowest BCUT2D eigenvalue weighted by molar-refractivity contribution is -0.159. The number of nitrogens with two attached hydrogens (primary N) is 1. The molecule has 0 saturated carbocycles. The number of hydrogen-bond donors (Lipinski definition) is 1. The summed E-state index contributed by atoms with van der Waals surface area (Å²) in [6, 6.07) is 3.72. The molecule has 1 aromatic rings. The first kappa shape index (κ1) is 31.1. The second-order valence-corrected chi connectivity index (χ2v) is 8.78. The molecule has 0 spiro atoms. The van der Waals surface area contributed by atoms with Gasteiger partial charge in [0.05, 0.1) is 0 Å². The molecule has 2 atom stereocenters. The fourth-order valence-electron chi connectivity index (χ4n) is 3.09. The summed E-state index contributed by atoms with van der Waals surface area (Å²) in [5.74, 6) is -1.60. The molecule has 0 aliphatic carbocycles. The molecule has 0 unspecified atom stereocenters. The van der Waals surface area contributed by atoms with Gasteiger partial charge in [-0.3, -0.25) is 19.2 Å². The number of carbonyl (C=O) groups excluding carboxylic acids is 4. The van der Waals surface area contributed by atoms with Crippen molar-refractivity contribution in [3.63, 3.8) is 0 Å². The van der Waals surface area contributed by atoms with Crippen molar-refractivity contribution in [1.29, 1.82) is 0 Å². The zero-order valence-electron chi connectivity index (χ0n) is 22.0. The van der Waals surface area contributed by atoms with Crippen molar-refractivity contribution >= 4 is 23.9 Å². The summed E-state index contributed by atoms with van der Waals surface area (Å²) in [6.07, 6.45) is 4.94. The minimum Gasteiger partial charge on any atom is -0.462 e. The molecule has 1 aromatic carbocycles. The highest BCUT2D eigenvalue weighted by atomic mass is 16.6. The fraction of sp³-hybridized carbons (Fsp3) is 0.630. The van der Waals surface area contributed by atoms with E-state index in [9.17, 15) is 19.2 Å². The van der Waals surface area contributed by atoms with Crippen molar-refractivity contribution in [2.24, 2.45) is 5.73 Å². The Hall–Kier alpha value is -2.94. The van der Waals surface area contributed by atoms with Crippen molar-refractivity contribution < 1.29 is 38.1 Å². The minimum absolute atomic E-state index is 0.0447. The Morgan fingerprint density at radius 2 is 1.33 bits per heavy atom. The molecule has 0 amide bonds. The number of rotatable bonds is 17. The molecule has 9 nitrogen and oxygen atoms in total. The van der Waals surface area contributed by atoms with E-state index >= 15 is 0 Å². The highest BCUT2D eigenvalue weighted by Gasteiger charge is 2.21. The zero-order valence-corrected chi connectivity index (χ0v) is 22.0. The maximum atomic E-state index is 12.4. The van der Waals surface area contributed by atoms with Crippen molar-refractivity contribution in [3.05, 3.63) is 23.8 Å². The molecule has 0 aliphatic heterocycles. The predicted molar refractivity (Wildman–Crippen MR) is 134 cm³/mol. The molecule has 9 heteroatoms. The van der Waals surface area contributed by atoms with Gasteiger partial charge in [-0.15, -0.1) is 0 Å². The summed E-state index contributed by atoms with van der Waals surface area (Å²) in [7, 11) is 0. The molecule has 2 N–H and O–H groups in total. The Morgan fingerprint density at radius 3 is 1.89 bits per heavy atom. The third-order valence-electron chi connectivity index (χ3n) is 5.21. The van der Waals surface area contributed by atoms with E-state index in [1.807, 2.05) is 20.8 Å². The summed E-state index contributed by atoms with van der Waals surface area (Å²) in [4.78, 5) is 48.4. The number of ether oxygens (including phenoxy) is 4. The highest BCUT2D eigenvalue weighted by molar-refractivity contribution is 5.77. The molecule has 1 rings (SSSR count). The summed E-state index contributed by atoms with van der Waals surface area (Å²) in [5, 5.41) is 0. The summed E-state index contributed by atoms with van der Waals surface area (Å²) < 4.78 is 21.3. The first-order valence-electron chi connectivity index (χ1n) is 12.9. The predicted octanol–water partition coefficient (Wildman–Crippen LogP) is 4.41. The Morgan fingerprint density at radius 1 is 0.806 bits per heavy atom. The average Bonchev–Trinajstić information content (AvgIpc) is 2.85. The van der Waals surface area contributed by atoms with Crippen LogP contribution in [0.5, 0.6) is 11.5 Å². The molecule has 36 heavy (non-hydrogen) atoms. The van der Waals surface area contributed by atoms with Crippen molar-refractivity contribution in [1.82, 2.24) is 0 Å². The van der Waals surface area contributed by atoms with Gasteiger partial charge < -0.3 is 24.7 Å². The van der Waals surface area contributed by atoms with Gasteiger partial charge in [-0.2, -0.15) is 0 Å². The Kier molecular flexibility index (Phi) is 15.1. The summed E-state index contributed by atoms with van der Waals surface area (Å²) in [6.45, 7) is 7.49. The number of hydrogen-bond acceptors (Lipinski definition) is 9. The van der Waals surface area contributed by atoms with Crippen LogP contribution in [0.15, 0.2) is 18.2 Å². The Balaban J connectivity index is 2.80. The quantitative estimate of drug-likeness (QED) is 0.240. The first-order chi connectivity index (χ1) is 17.2. The largest absolute Gasteiger partial charge is 0.462 e. The van der Waals surface area contributed by atoms with Gasteiger partial charge in [0, 0.05) is 19.3 Å². The van der Waals surface area contributed by atoms with Crippen molar-refractivity contribution in [2.45, 2.75) is 104 Å². The lowest BCUT2D eigenvalue weighted by Gasteiger charge is -2.18. The van der Waals surface area contributed by atoms with E-state index in [-0.39, 0.29) is 43.3 Å². The van der Waals surface area contributed by atoms with Crippen LogP contribution >= 0.6 is 0 Å². The van der Waals surface area contributed by atoms with Gasteiger partial charge in [-0.05, 0) is 50.3 Å². The van der Waals surface area contributed by atoms with E-state index in [1.54, 1.807) is 19.1 Å². The molecule has 202 valence electrons. The molecule has 0 fully saturated rings. The topological polar surface area (TPSA) is 131 Å². The average molecular weight is 508 g/mol. The third-order valence-corrected chi connectivity index (χ3v) is 5.21. The van der Waals surface area contributed by atoms with Crippen LogP contribution in [0.1, 0.15) is 91.0 Å². The van der Waals surface area contributed by atoms with Crippen LogP contribution in [0.25, 0.3) is 0 Å². The van der Waals surface area contributed by atoms with Gasteiger partial charge in [0.25, 0.3) is 0 Å². The second kappa shape index (κ2) is 17.5. The first-order valence-corrected chi connectivity index (χ1v) is 12.9. The molecule has 0 saturated heterocycles. The third kappa shape index (κ3) is 12.7. The van der Waals surface area contributed by atoms with Crippen LogP contribution in [0.3, 0.4) is 0 Å². The van der Waals surface area contributed by atoms with E-state index in [0.717, 1.165) is 25.7 Å². The van der Waals surface area contributed by atoms with Gasteiger partial charge in [-0.25, -0.2) is 0 Å². The molecular weight excluding hydrogens is 466 g/mol. The molecule has 0 aliphatic rings. The van der Waals surface area contributed by atoms with Crippen LogP contribution in [-0.4, -0.2) is 42.6 Å². The standard InChI is InChI=1S/C27H41NO8/c1-5-8-11-24(29)33-18-19(4)34-27(32)21(28)16-20-14-15-22(35-25(30)12-9-6-2)23(17-20)36-26(31)13-10-7-3/h14-15,17,19,21H,5-13,16,18,28H2,1-4H3/t19-,21-/m0/s1. The molecule has 0 heterocycles. The molecular formula is C27H41NO8. The van der Waals surface area contributed by atoms with Gasteiger partial charge in [0.1, 0.15) is 18.8 Å². The van der Waals surface area contributed by atoms with Crippen LogP contribution in [0.4, 0.5) is 0 Å². The SMILES string of the molecule is CCCCC(=O)OC[C@H](C)OC(=O)[C@@H](N)Cc1ccc(OC(=O)CCCC)c(OC(=O)CCCC)c1. The van der Waals surface area contributed by atoms with E-state index in [4.69, 9.17) is 24.7 Å². The van der Waals surface area contributed by atoms with Crippen LogP contribution in [0.2, 0.25) is 0 Å².